The maximum absolute atomic E-state index is 6.80. The highest BCUT2D eigenvalue weighted by Gasteiger charge is 2.19. The number of hydrogen-bond donors (Lipinski definition) is 0. The van der Waals surface area contributed by atoms with E-state index < -0.39 is 0 Å². The Morgan fingerprint density at radius 3 is 1.52 bits per heavy atom. The van der Waals surface area contributed by atoms with Crippen molar-refractivity contribution in [3.63, 3.8) is 0 Å². The van der Waals surface area contributed by atoms with Crippen LogP contribution in [-0.2, 0) is 0 Å². The molecule has 4 nitrogen and oxygen atoms in total. The first kappa shape index (κ1) is 31.4. The summed E-state index contributed by atoms with van der Waals surface area (Å²) in [6, 6.07) is 69.6. The summed E-state index contributed by atoms with van der Waals surface area (Å²) >= 11 is 0. The molecule has 0 atom stereocenters. The van der Waals surface area contributed by atoms with Gasteiger partial charge in [-0.05, 0) is 83.1 Å². The Hall–Kier alpha value is -7.30. The lowest BCUT2D eigenvalue weighted by molar-refractivity contribution is 0.670. The molecular formula is C50H33N3O. The molecule has 0 unspecified atom stereocenters. The molecule has 0 saturated heterocycles. The summed E-state index contributed by atoms with van der Waals surface area (Å²) < 4.78 is 6.80. The van der Waals surface area contributed by atoms with Crippen LogP contribution in [0.5, 0.6) is 0 Å². The number of benzene rings is 8. The van der Waals surface area contributed by atoms with Crippen LogP contribution < -0.4 is 4.90 Å². The van der Waals surface area contributed by atoms with Gasteiger partial charge in [0.2, 0.25) is 0 Å². The second-order valence-electron chi connectivity index (χ2n) is 13.4. The normalized spacial score (nSPS) is 11.3. The molecule has 254 valence electrons. The van der Waals surface area contributed by atoms with Crippen molar-refractivity contribution in [3.8, 4) is 45.0 Å². The Morgan fingerprint density at radius 2 is 0.889 bits per heavy atom. The van der Waals surface area contributed by atoms with Gasteiger partial charge in [-0.25, -0.2) is 9.97 Å². The maximum Gasteiger partial charge on any atom is 0.160 e. The van der Waals surface area contributed by atoms with Gasteiger partial charge in [0, 0.05) is 50.1 Å². The van der Waals surface area contributed by atoms with Gasteiger partial charge in [-0.1, -0.05) is 133 Å². The Labute approximate surface area is 313 Å². The molecule has 0 aliphatic heterocycles. The highest BCUT2D eigenvalue weighted by atomic mass is 16.3. The van der Waals surface area contributed by atoms with E-state index in [1.54, 1.807) is 0 Å². The van der Waals surface area contributed by atoms with Crippen LogP contribution in [0.3, 0.4) is 0 Å². The monoisotopic (exact) mass is 691 g/mol. The number of furan rings is 1. The van der Waals surface area contributed by atoms with Crippen LogP contribution in [0.4, 0.5) is 17.1 Å². The van der Waals surface area contributed by atoms with Gasteiger partial charge in [0.25, 0.3) is 0 Å². The molecule has 10 aromatic rings. The summed E-state index contributed by atoms with van der Waals surface area (Å²) in [5.41, 5.74) is 11.7. The average Bonchev–Trinajstić information content (AvgIpc) is 3.61. The van der Waals surface area contributed by atoms with E-state index in [2.05, 4.69) is 157 Å². The lowest BCUT2D eigenvalue weighted by Crippen LogP contribution is -2.09. The lowest BCUT2D eigenvalue weighted by Gasteiger charge is -2.25. The van der Waals surface area contributed by atoms with E-state index in [1.807, 2.05) is 48.5 Å². The molecule has 0 N–H and O–H groups in total. The van der Waals surface area contributed by atoms with Crippen LogP contribution in [0, 0.1) is 0 Å². The molecule has 0 radical (unpaired) electrons. The number of rotatable bonds is 7. The summed E-state index contributed by atoms with van der Waals surface area (Å²) in [6.07, 6.45) is 0. The first-order valence-corrected chi connectivity index (χ1v) is 18.2. The standard InChI is InChI=1S/C50H33N3O/c1-5-15-35(16-6-1)46-33-47(52-50(51-46)36-17-7-2-8-18-36)39-30-43(49-45(31-39)44-29-37-19-13-14-20-38(37)32-48(44)54-49)34-25-27-42(28-26-34)53(40-21-9-3-10-22-40)41-23-11-4-12-24-41/h1-33H. The molecule has 0 saturated carbocycles. The van der Waals surface area contributed by atoms with E-state index in [4.69, 9.17) is 14.4 Å². The summed E-state index contributed by atoms with van der Waals surface area (Å²) in [4.78, 5) is 12.5. The summed E-state index contributed by atoms with van der Waals surface area (Å²) in [5, 5.41) is 4.44. The Morgan fingerprint density at radius 1 is 0.370 bits per heavy atom. The zero-order chi connectivity index (χ0) is 35.8. The molecular weight excluding hydrogens is 659 g/mol. The molecule has 4 heteroatoms. The molecule has 0 bridgehead atoms. The van der Waals surface area contributed by atoms with Gasteiger partial charge < -0.3 is 9.32 Å². The van der Waals surface area contributed by atoms with E-state index in [-0.39, 0.29) is 0 Å². The van der Waals surface area contributed by atoms with Gasteiger partial charge in [0.1, 0.15) is 11.2 Å². The van der Waals surface area contributed by atoms with E-state index in [9.17, 15) is 0 Å². The van der Waals surface area contributed by atoms with E-state index >= 15 is 0 Å². The fraction of sp³-hybridized carbons (Fsp3) is 0. The van der Waals surface area contributed by atoms with Crippen LogP contribution in [0.25, 0.3) is 77.7 Å². The zero-order valence-corrected chi connectivity index (χ0v) is 29.3. The van der Waals surface area contributed by atoms with Gasteiger partial charge in [0.05, 0.1) is 11.4 Å². The quantitative estimate of drug-likeness (QED) is 0.167. The molecule has 2 heterocycles. The van der Waals surface area contributed by atoms with Crippen molar-refractivity contribution >= 4 is 49.8 Å². The third-order valence-corrected chi connectivity index (χ3v) is 10.0. The largest absolute Gasteiger partial charge is 0.455 e. The number of aromatic nitrogens is 2. The first-order valence-electron chi connectivity index (χ1n) is 18.2. The minimum absolute atomic E-state index is 0.683. The number of fused-ring (bicyclic) bond motifs is 4. The number of hydrogen-bond acceptors (Lipinski definition) is 4. The molecule has 0 amide bonds. The highest BCUT2D eigenvalue weighted by Crippen LogP contribution is 2.42. The average molecular weight is 692 g/mol. The second kappa shape index (κ2) is 13.4. The lowest BCUT2D eigenvalue weighted by atomic mass is 9.96. The molecule has 8 aromatic carbocycles. The zero-order valence-electron chi connectivity index (χ0n) is 29.3. The number of anilines is 3. The van der Waals surface area contributed by atoms with Crippen LogP contribution >= 0.6 is 0 Å². The third-order valence-electron chi connectivity index (χ3n) is 10.0. The number of nitrogens with zero attached hydrogens (tertiary/aromatic N) is 3. The summed E-state index contributed by atoms with van der Waals surface area (Å²) in [5.74, 6) is 0.683. The Bertz CT molecular complexity index is 2810. The molecule has 54 heavy (non-hydrogen) atoms. The molecule has 0 aliphatic rings. The van der Waals surface area contributed by atoms with Gasteiger partial charge in [0.15, 0.2) is 5.82 Å². The Kier molecular flexibility index (Phi) is 7.77. The fourth-order valence-corrected chi connectivity index (χ4v) is 7.39. The second-order valence-corrected chi connectivity index (χ2v) is 13.4. The van der Waals surface area contributed by atoms with Crippen LogP contribution in [0.15, 0.2) is 205 Å². The van der Waals surface area contributed by atoms with Crippen molar-refractivity contribution in [1.29, 1.82) is 0 Å². The van der Waals surface area contributed by atoms with Crippen LogP contribution in [0.1, 0.15) is 0 Å². The van der Waals surface area contributed by atoms with Crippen molar-refractivity contribution in [2.24, 2.45) is 0 Å². The molecule has 10 rings (SSSR count). The van der Waals surface area contributed by atoms with E-state index in [0.29, 0.717) is 5.82 Å². The Balaban J connectivity index is 1.19. The summed E-state index contributed by atoms with van der Waals surface area (Å²) in [6.45, 7) is 0. The minimum Gasteiger partial charge on any atom is -0.455 e. The van der Waals surface area contributed by atoms with E-state index in [0.717, 1.165) is 83.6 Å². The van der Waals surface area contributed by atoms with Crippen molar-refractivity contribution in [2.45, 2.75) is 0 Å². The predicted octanol–water partition coefficient (Wildman–Crippen LogP) is 13.7. The topological polar surface area (TPSA) is 42.2 Å². The highest BCUT2D eigenvalue weighted by molar-refractivity contribution is 6.14. The SMILES string of the molecule is c1ccc(-c2cc(-c3cc(-c4ccc(N(c5ccccc5)c5ccccc5)cc4)c4oc5cc6ccccc6cc5c4c3)nc(-c3ccccc3)n2)cc1. The summed E-state index contributed by atoms with van der Waals surface area (Å²) in [7, 11) is 0. The van der Waals surface area contributed by atoms with Crippen molar-refractivity contribution in [1.82, 2.24) is 9.97 Å². The van der Waals surface area contributed by atoms with E-state index in [1.165, 1.54) is 5.39 Å². The number of para-hydroxylation sites is 2. The first-order chi connectivity index (χ1) is 26.7. The van der Waals surface area contributed by atoms with Gasteiger partial charge in [-0.15, -0.1) is 0 Å². The van der Waals surface area contributed by atoms with Gasteiger partial charge in [-0.2, -0.15) is 0 Å². The van der Waals surface area contributed by atoms with Crippen LogP contribution in [0.2, 0.25) is 0 Å². The molecule has 2 aromatic heterocycles. The molecule has 0 fully saturated rings. The van der Waals surface area contributed by atoms with Gasteiger partial charge >= 0.3 is 0 Å². The van der Waals surface area contributed by atoms with Gasteiger partial charge in [-0.3, -0.25) is 0 Å². The van der Waals surface area contributed by atoms with Crippen molar-refractivity contribution < 1.29 is 4.42 Å². The smallest absolute Gasteiger partial charge is 0.160 e. The maximum atomic E-state index is 6.80. The minimum atomic E-state index is 0.683. The van der Waals surface area contributed by atoms with Crippen molar-refractivity contribution in [2.75, 3.05) is 4.90 Å². The predicted molar refractivity (Wildman–Crippen MR) is 223 cm³/mol. The fourth-order valence-electron chi connectivity index (χ4n) is 7.39. The third kappa shape index (κ3) is 5.76. The van der Waals surface area contributed by atoms with Crippen molar-refractivity contribution in [3.05, 3.63) is 200 Å². The van der Waals surface area contributed by atoms with Crippen LogP contribution in [-0.4, -0.2) is 9.97 Å². The molecule has 0 aliphatic carbocycles. The molecule has 0 spiro atoms.